The summed E-state index contributed by atoms with van der Waals surface area (Å²) < 4.78 is 36.7. The predicted molar refractivity (Wildman–Crippen MR) is 67.1 cm³/mol. The van der Waals surface area contributed by atoms with Crippen molar-refractivity contribution >= 4 is 29.1 Å². The Morgan fingerprint density at radius 3 is 2.50 bits per heavy atom. The van der Waals surface area contributed by atoms with Gasteiger partial charge in [-0.1, -0.05) is 25.4 Å². The second kappa shape index (κ2) is 5.97. The van der Waals surface area contributed by atoms with Gasteiger partial charge >= 0.3 is 5.51 Å². The zero-order chi connectivity index (χ0) is 13.9. The summed E-state index contributed by atoms with van der Waals surface area (Å²) in [6.07, 6.45) is 0.264. The molecule has 0 fully saturated rings. The Morgan fingerprint density at radius 1 is 1.39 bits per heavy atom. The van der Waals surface area contributed by atoms with E-state index < -0.39 is 5.51 Å². The maximum atomic E-state index is 12.2. The van der Waals surface area contributed by atoms with Gasteiger partial charge in [0.2, 0.25) is 0 Å². The third-order valence-corrected chi connectivity index (χ3v) is 3.12. The van der Waals surface area contributed by atoms with Crippen molar-refractivity contribution in [2.45, 2.75) is 30.7 Å². The molecule has 0 heterocycles. The smallest absolute Gasteiger partial charge is 0.294 e. The van der Waals surface area contributed by atoms with E-state index in [9.17, 15) is 18.0 Å². The van der Waals surface area contributed by atoms with Gasteiger partial charge in [-0.15, -0.1) is 0 Å². The van der Waals surface area contributed by atoms with Crippen LogP contribution < -0.4 is 0 Å². The number of benzene rings is 1. The Kier molecular flexibility index (Phi) is 5.10. The van der Waals surface area contributed by atoms with Crippen LogP contribution in [0.2, 0.25) is 5.02 Å². The molecule has 0 amide bonds. The number of rotatable bonds is 4. The summed E-state index contributed by atoms with van der Waals surface area (Å²) in [6.45, 7) is 3.72. The van der Waals surface area contributed by atoms with E-state index in [4.69, 9.17) is 11.6 Å². The number of thioether (sulfide) groups is 1. The fraction of sp³-hybridized carbons (Fsp3) is 0.417. The molecule has 0 aliphatic carbocycles. The Hall–Kier alpha value is -0.680. The summed E-state index contributed by atoms with van der Waals surface area (Å²) in [5, 5.41) is 0.187. The highest BCUT2D eigenvalue weighted by molar-refractivity contribution is 8.00. The summed E-state index contributed by atoms with van der Waals surface area (Å²) in [6, 6.07) is 3.78. The molecule has 0 saturated heterocycles. The first kappa shape index (κ1) is 15.4. The maximum Gasteiger partial charge on any atom is 0.446 e. The molecule has 0 spiro atoms. The van der Waals surface area contributed by atoms with Gasteiger partial charge in [-0.25, -0.2) is 0 Å². The fourth-order valence-electron chi connectivity index (χ4n) is 1.40. The van der Waals surface area contributed by atoms with Crippen molar-refractivity contribution in [1.82, 2.24) is 0 Å². The molecule has 1 nitrogen and oxygen atoms in total. The van der Waals surface area contributed by atoms with Gasteiger partial charge in [0, 0.05) is 16.9 Å². The van der Waals surface area contributed by atoms with Crippen molar-refractivity contribution in [3.63, 3.8) is 0 Å². The third kappa shape index (κ3) is 4.90. The van der Waals surface area contributed by atoms with Crippen LogP contribution in [0.25, 0.3) is 0 Å². The van der Waals surface area contributed by atoms with Gasteiger partial charge in [0.1, 0.15) is 0 Å². The lowest BCUT2D eigenvalue weighted by Crippen LogP contribution is -2.05. The van der Waals surface area contributed by atoms with Crippen LogP contribution >= 0.6 is 23.4 Å². The molecular weight excluding hydrogens is 285 g/mol. The van der Waals surface area contributed by atoms with Gasteiger partial charge in [0.25, 0.3) is 0 Å². The van der Waals surface area contributed by atoms with Crippen LogP contribution in [-0.4, -0.2) is 11.3 Å². The number of Topliss-reactive ketones (excluding diaryl/α,β-unsaturated/α-hetero) is 1. The highest BCUT2D eigenvalue weighted by Gasteiger charge is 2.29. The minimum absolute atomic E-state index is 0.0287. The van der Waals surface area contributed by atoms with Crippen molar-refractivity contribution in [1.29, 1.82) is 0 Å². The molecule has 0 unspecified atom stereocenters. The number of hydrogen-bond acceptors (Lipinski definition) is 2. The van der Waals surface area contributed by atoms with Crippen molar-refractivity contribution < 1.29 is 18.0 Å². The molecule has 0 radical (unpaired) electrons. The maximum absolute atomic E-state index is 12.2. The van der Waals surface area contributed by atoms with Gasteiger partial charge < -0.3 is 0 Å². The first-order valence-electron chi connectivity index (χ1n) is 5.27. The molecule has 0 aliphatic rings. The minimum atomic E-state index is -4.37. The number of alkyl halides is 3. The van der Waals surface area contributed by atoms with Crippen molar-refractivity contribution in [3.05, 3.63) is 28.8 Å². The molecule has 6 heteroatoms. The average molecular weight is 297 g/mol. The van der Waals surface area contributed by atoms with Crippen LogP contribution in [0.4, 0.5) is 13.2 Å². The average Bonchev–Trinajstić information content (AvgIpc) is 2.17. The number of carbonyl (C=O) groups excluding carboxylic acids is 1. The summed E-state index contributed by atoms with van der Waals surface area (Å²) in [4.78, 5) is 11.8. The van der Waals surface area contributed by atoms with Gasteiger partial charge in [-0.2, -0.15) is 13.2 Å². The largest absolute Gasteiger partial charge is 0.446 e. The van der Waals surface area contributed by atoms with Gasteiger partial charge in [0.15, 0.2) is 5.78 Å². The second-order valence-corrected chi connectivity index (χ2v) is 5.76. The molecule has 0 bridgehead atoms. The summed E-state index contributed by atoms with van der Waals surface area (Å²) >= 11 is 5.58. The lowest BCUT2D eigenvalue weighted by atomic mass is 10.0. The molecule has 0 aliphatic heterocycles. The molecule has 0 atom stereocenters. The van der Waals surface area contributed by atoms with E-state index in [2.05, 4.69) is 0 Å². The van der Waals surface area contributed by atoms with Gasteiger partial charge in [-0.3, -0.25) is 4.79 Å². The Morgan fingerprint density at radius 2 is 2.00 bits per heavy atom. The van der Waals surface area contributed by atoms with Crippen LogP contribution in [0, 0.1) is 5.92 Å². The number of hydrogen-bond donors (Lipinski definition) is 0. The molecule has 0 N–H and O–H groups in total. The third-order valence-electron chi connectivity index (χ3n) is 2.07. The number of halogens is 4. The van der Waals surface area contributed by atoms with E-state index in [0.29, 0.717) is 0 Å². The Balaban J connectivity index is 2.98. The summed E-state index contributed by atoms with van der Waals surface area (Å²) in [5.41, 5.74) is -4.22. The van der Waals surface area contributed by atoms with E-state index in [-0.39, 0.29) is 45.4 Å². The van der Waals surface area contributed by atoms with Crippen molar-refractivity contribution in [2.75, 3.05) is 0 Å². The molecule has 0 aromatic heterocycles. The van der Waals surface area contributed by atoms with Gasteiger partial charge in [0.05, 0.1) is 5.02 Å². The SMILES string of the molecule is CC(C)CC(=O)c1cc(SC(F)(F)F)ccc1Cl. The van der Waals surface area contributed by atoms with Crippen molar-refractivity contribution in [3.8, 4) is 0 Å². The second-order valence-electron chi connectivity index (χ2n) is 4.21. The lowest BCUT2D eigenvalue weighted by molar-refractivity contribution is -0.0328. The van der Waals surface area contributed by atoms with Crippen molar-refractivity contribution in [2.24, 2.45) is 5.92 Å². The standard InChI is InChI=1S/C12H12ClF3OS/c1-7(2)5-11(17)9-6-8(3-4-10(9)13)18-12(14,15)16/h3-4,6-7H,5H2,1-2H3. The lowest BCUT2D eigenvalue weighted by Gasteiger charge is -2.09. The minimum Gasteiger partial charge on any atom is -0.294 e. The van der Waals surface area contributed by atoms with E-state index in [0.717, 1.165) is 0 Å². The van der Waals surface area contributed by atoms with Crippen LogP contribution in [0.1, 0.15) is 30.6 Å². The molecule has 100 valence electrons. The molecule has 0 saturated carbocycles. The fourth-order valence-corrected chi connectivity index (χ4v) is 2.20. The zero-order valence-corrected chi connectivity index (χ0v) is 11.4. The number of ketones is 1. The first-order chi connectivity index (χ1) is 8.19. The zero-order valence-electron chi connectivity index (χ0n) is 9.84. The van der Waals surface area contributed by atoms with Crippen LogP contribution in [0.5, 0.6) is 0 Å². The molecule has 18 heavy (non-hydrogen) atoms. The predicted octanol–water partition coefficient (Wildman–Crippen LogP) is 5.18. The van der Waals surface area contributed by atoms with Crippen LogP contribution in [0.3, 0.4) is 0 Å². The first-order valence-corrected chi connectivity index (χ1v) is 6.47. The Labute approximate surface area is 113 Å². The highest BCUT2D eigenvalue weighted by atomic mass is 35.5. The van der Waals surface area contributed by atoms with E-state index >= 15 is 0 Å². The quantitative estimate of drug-likeness (QED) is 0.562. The van der Waals surface area contributed by atoms with Crippen LogP contribution in [0.15, 0.2) is 23.1 Å². The molecule has 1 aromatic carbocycles. The molecule has 1 rings (SSSR count). The summed E-state index contributed by atoms with van der Waals surface area (Å²) in [5.74, 6) is -0.105. The Bertz CT molecular complexity index is 443. The highest BCUT2D eigenvalue weighted by Crippen LogP contribution is 2.38. The van der Waals surface area contributed by atoms with E-state index in [1.54, 1.807) is 0 Å². The van der Waals surface area contributed by atoms with E-state index in [1.807, 2.05) is 13.8 Å². The molecule has 1 aromatic rings. The van der Waals surface area contributed by atoms with Gasteiger partial charge in [-0.05, 0) is 35.9 Å². The number of carbonyl (C=O) groups is 1. The summed E-state index contributed by atoms with van der Waals surface area (Å²) in [7, 11) is 0. The van der Waals surface area contributed by atoms with Crippen LogP contribution in [-0.2, 0) is 0 Å². The normalized spacial score (nSPS) is 11.9. The molecular formula is C12H12ClF3OS. The van der Waals surface area contributed by atoms with E-state index in [1.165, 1.54) is 18.2 Å². The monoisotopic (exact) mass is 296 g/mol. The topological polar surface area (TPSA) is 17.1 Å².